The third-order valence-electron chi connectivity index (χ3n) is 3.23. The van der Waals surface area contributed by atoms with E-state index in [9.17, 15) is 4.79 Å². The predicted molar refractivity (Wildman–Crippen MR) is 67.1 cm³/mol. The highest BCUT2D eigenvalue weighted by Gasteiger charge is 2.34. The first-order valence-corrected chi connectivity index (χ1v) is 6.03. The van der Waals surface area contributed by atoms with Crippen LogP contribution in [0, 0.1) is 12.8 Å². The Morgan fingerprint density at radius 2 is 2.42 bits per heavy atom. The monoisotopic (exact) mass is 262 g/mol. The van der Waals surface area contributed by atoms with Crippen LogP contribution in [0.5, 0.6) is 0 Å². The van der Waals surface area contributed by atoms with Gasteiger partial charge in [0.1, 0.15) is 11.4 Å². The molecule has 1 fully saturated rings. The molecule has 1 aliphatic rings. The molecule has 3 rings (SSSR count). The van der Waals surface area contributed by atoms with Crippen LogP contribution in [-0.2, 0) is 9.53 Å². The number of anilines is 1. The Kier molecular flexibility index (Phi) is 2.83. The van der Waals surface area contributed by atoms with E-state index in [0.717, 1.165) is 11.2 Å². The number of fused-ring (bicyclic) bond motifs is 1. The zero-order valence-electron chi connectivity index (χ0n) is 10.4. The summed E-state index contributed by atoms with van der Waals surface area (Å²) in [7, 11) is 0. The summed E-state index contributed by atoms with van der Waals surface area (Å²) < 4.78 is 6.95. The lowest BCUT2D eigenvalue weighted by molar-refractivity contribution is -0.141. The van der Waals surface area contributed by atoms with Crippen LogP contribution in [0.2, 0.25) is 0 Å². The number of rotatable bonds is 3. The molecule has 2 aromatic rings. The predicted octanol–water partition coefficient (Wildman–Crippen LogP) is 0.549. The summed E-state index contributed by atoms with van der Waals surface area (Å²) >= 11 is 0. The summed E-state index contributed by atoms with van der Waals surface area (Å²) in [4.78, 5) is 15.4. The quantitative estimate of drug-likeness (QED) is 0.839. The van der Waals surface area contributed by atoms with Crippen LogP contribution < -0.4 is 5.32 Å². The minimum Gasteiger partial charge on any atom is -0.481 e. The van der Waals surface area contributed by atoms with E-state index in [-0.39, 0.29) is 12.6 Å². The second-order valence-corrected chi connectivity index (χ2v) is 4.62. The molecule has 19 heavy (non-hydrogen) atoms. The van der Waals surface area contributed by atoms with Crippen molar-refractivity contribution < 1.29 is 14.6 Å². The van der Waals surface area contributed by atoms with Gasteiger partial charge >= 0.3 is 5.97 Å². The molecule has 1 saturated heterocycles. The number of nitrogens with one attached hydrogen (secondary N) is 1. The van der Waals surface area contributed by atoms with Crippen molar-refractivity contribution in [1.82, 2.24) is 14.6 Å². The van der Waals surface area contributed by atoms with Crippen molar-refractivity contribution in [2.45, 2.75) is 13.0 Å². The smallest absolute Gasteiger partial charge is 0.311 e. The zero-order valence-corrected chi connectivity index (χ0v) is 10.4. The van der Waals surface area contributed by atoms with Crippen LogP contribution in [0.1, 0.15) is 5.69 Å². The van der Waals surface area contributed by atoms with Crippen molar-refractivity contribution in [2.75, 3.05) is 18.5 Å². The number of aromatic nitrogens is 3. The van der Waals surface area contributed by atoms with Crippen molar-refractivity contribution in [3.05, 3.63) is 24.2 Å². The zero-order chi connectivity index (χ0) is 13.4. The molecule has 100 valence electrons. The number of carboxylic acid groups (broad SMARTS) is 1. The fourth-order valence-corrected chi connectivity index (χ4v) is 2.27. The van der Waals surface area contributed by atoms with Gasteiger partial charge in [0.2, 0.25) is 0 Å². The number of aliphatic carboxylic acids is 1. The Morgan fingerprint density at radius 3 is 3.21 bits per heavy atom. The number of carboxylic acids is 1. The third-order valence-corrected chi connectivity index (χ3v) is 3.23. The Bertz CT molecular complexity index is 624. The van der Waals surface area contributed by atoms with Gasteiger partial charge in [-0.1, -0.05) is 0 Å². The van der Waals surface area contributed by atoms with Gasteiger partial charge in [0.05, 0.1) is 24.9 Å². The molecule has 0 spiro atoms. The van der Waals surface area contributed by atoms with Crippen LogP contribution in [0.4, 0.5) is 5.82 Å². The molecule has 0 amide bonds. The van der Waals surface area contributed by atoms with Gasteiger partial charge in [-0.15, -0.1) is 0 Å². The summed E-state index contributed by atoms with van der Waals surface area (Å²) in [6.07, 6.45) is 3.39. The minimum atomic E-state index is -0.855. The van der Waals surface area contributed by atoms with Crippen LogP contribution in [0.15, 0.2) is 18.5 Å². The molecule has 0 bridgehead atoms. The topological polar surface area (TPSA) is 88.8 Å². The fraction of sp³-hybridized carbons (Fsp3) is 0.417. The standard InChI is InChI=1S/C12H14N4O3/c1-7-4-10-11(13-2-3-16(10)15-7)14-9-6-19-5-8(9)12(17)18/h2-4,8-9H,5-6H2,1H3,(H,13,14)(H,17,18). The number of hydrogen-bond acceptors (Lipinski definition) is 5. The lowest BCUT2D eigenvalue weighted by Crippen LogP contribution is -2.33. The maximum atomic E-state index is 11.1. The molecule has 2 aromatic heterocycles. The molecular formula is C12H14N4O3. The van der Waals surface area contributed by atoms with E-state index < -0.39 is 11.9 Å². The second-order valence-electron chi connectivity index (χ2n) is 4.62. The molecule has 2 N–H and O–H groups in total. The second kappa shape index (κ2) is 4.51. The number of hydrogen-bond donors (Lipinski definition) is 2. The first-order valence-electron chi connectivity index (χ1n) is 6.03. The number of aryl methyl sites for hydroxylation is 1. The summed E-state index contributed by atoms with van der Waals surface area (Å²) in [6, 6.07) is 1.63. The van der Waals surface area contributed by atoms with E-state index in [4.69, 9.17) is 9.84 Å². The molecule has 1 aliphatic heterocycles. The summed E-state index contributed by atoms with van der Waals surface area (Å²) in [5, 5.41) is 16.6. The van der Waals surface area contributed by atoms with Gasteiger partial charge in [-0.25, -0.2) is 9.50 Å². The Balaban J connectivity index is 1.91. The molecule has 0 aromatic carbocycles. The Morgan fingerprint density at radius 1 is 1.58 bits per heavy atom. The Hall–Kier alpha value is -2.15. The number of carbonyl (C=O) groups is 1. The molecule has 0 aliphatic carbocycles. The van der Waals surface area contributed by atoms with Gasteiger partial charge in [0, 0.05) is 12.4 Å². The van der Waals surface area contributed by atoms with Gasteiger partial charge in [0.25, 0.3) is 0 Å². The SMILES string of the molecule is Cc1cc2c(NC3COCC3C(=O)O)nccn2n1. The minimum absolute atomic E-state index is 0.231. The molecule has 3 heterocycles. The summed E-state index contributed by atoms with van der Waals surface area (Å²) in [5.74, 6) is -0.775. The number of nitrogens with zero attached hydrogens (tertiary/aromatic N) is 3. The maximum Gasteiger partial charge on any atom is 0.311 e. The lowest BCUT2D eigenvalue weighted by Gasteiger charge is -2.16. The maximum absolute atomic E-state index is 11.1. The molecule has 0 saturated carbocycles. The van der Waals surface area contributed by atoms with E-state index in [0.29, 0.717) is 12.4 Å². The molecule has 2 atom stereocenters. The van der Waals surface area contributed by atoms with E-state index >= 15 is 0 Å². The molecule has 2 unspecified atom stereocenters. The molecule has 7 heteroatoms. The molecule has 7 nitrogen and oxygen atoms in total. The highest BCUT2D eigenvalue weighted by Crippen LogP contribution is 2.21. The first-order chi connectivity index (χ1) is 9.15. The van der Waals surface area contributed by atoms with Crippen molar-refractivity contribution in [1.29, 1.82) is 0 Å². The molecule has 0 radical (unpaired) electrons. The van der Waals surface area contributed by atoms with Crippen LogP contribution in [0.3, 0.4) is 0 Å². The van der Waals surface area contributed by atoms with E-state index in [2.05, 4.69) is 15.4 Å². The van der Waals surface area contributed by atoms with Crippen LogP contribution in [0.25, 0.3) is 5.52 Å². The third kappa shape index (κ3) is 2.12. The summed E-state index contributed by atoms with van der Waals surface area (Å²) in [6.45, 7) is 2.50. The van der Waals surface area contributed by atoms with Gasteiger partial charge in [-0.2, -0.15) is 5.10 Å². The first kappa shape index (κ1) is 11.9. The highest BCUT2D eigenvalue weighted by molar-refractivity contribution is 5.74. The van der Waals surface area contributed by atoms with Crippen molar-refractivity contribution >= 4 is 17.3 Å². The van der Waals surface area contributed by atoms with Crippen LogP contribution >= 0.6 is 0 Å². The highest BCUT2D eigenvalue weighted by atomic mass is 16.5. The number of ether oxygens (including phenoxy) is 1. The average Bonchev–Trinajstić information content (AvgIpc) is 2.95. The van der Waals surface area contributed by atoms with Gasteiger partial charge < -0.3 is 15.2 Å². The van der Waals surface area contributed by atoms with Crippen LogP contribution in [-0.4, -0.2) is 44.9 Å². The van der Waals surface area contributed by atoms with Crippen molar-refractivity contribution in [3.8, 4) is 0 Å². The van der Waals surface area contributed by atoms with Crippen molar-refractivity contribution in [2.24, 2.45) is 5.92 Å². The van der Waals surface area contributed by atoms with E-state index in [1.807, 2.05) is 13.0 Å². The fourth-order valence-electron chi connectivity index (χ4n) is 2.27. The summed E-state index contributed by atoms with van der Waals surface area (Å²) in [5.41, 5.74) is 1.71. The van der Waals surface area contributed by atoms with Gasteiger partial charge in [0.15, 0.2) is 5.82 Å². The van der Waals surface area contributed by atoms with E-state index in [1.165, 1.54) is 0 Å². The van der Waals surface area contributed by atoms with Gasteiger partial charge in [-0.3, -0.25) is 4.79 Å². The lowest BCUT2D eigenvalue weighted by atomic mass is 10.0. The average molecular weight is 262 g/mol. The van der Waals surface area contributed by atoms with Crippen molar-refractivity contribution in [3.63, 3.8) is 0 Å². The van der Waals surface area contributed by atoms with Gasteiger partial charge in [-0.05, 0) is 13.0 Å². The Labute approximate surface area is 109 Å². The van der Waals surface area contributed by atoms with E-state index in [1.54, 1.807) is 16.9 Å². The molecular weight excluding hydrogens is 248 g/mol. The largest absolute Gasteiger partial charge is 0.481 e. The normalized spacial score (nSPS) is 22.8.